The number of alkyl halides is 3. The molecule has 3 rings (SSSR count). The van der Waals surface area contributed by atoms with Crippen molar-refractivity contribution in [2.75, 3.05) is 49.7 Å². The fourth-order valence-corrected chi connectivity index (χ4v) is 3.78. The number of carbonyl (C=O) groups excluding carboxylic acids is 1. The van der Waals surface area contributed by atoms with Crippen LogP contribution in [0.15, 0.2) is 42.5 Å². The predicted molar refractivity (Wildman–Crippen MR) is 113 cm³/mol. The molecule has 0 unspecified atom stereocenters. The van der Waals surface area contributed by atoms with Crippen LogP contribution in [-0.2, 0) is 11.9 Å². The number of benzene rings is 2. The van der Waals surface area contributed by atoms with E-state index in [-0.39, 0.29) is 5.69 Å². The number of anilines is 2. The number of nitrogens with zero attached hydrogens (tertiary/aromatic N) is 2. The summed E-state index contributed by atoms with van der Waals surface area (Å²) in [5, 5.41) is 2.43. The standard InChI is InChI=1S/C21H24F3N3OS/c1-26-9-11-27(12-10-26)17-7-8-19(18(13-17)21(22,23)24)25-20(28)16-5-3-15(4-6-16)14-29-2/h3-8,13H,9-12,14H2,1-2H3,(H,25,28). The Hall–Kier alpha value is -2.19. The van der Waals surface area contributed by atoms with Crippen molar-refractivity contribution in [1.82, 2.24) is 4.90 Å². The van der Waals surface area contributed by atoms with Crippen LogP contribution in [0, 0.1) is 0 Å². The van der Waals surface area contributed by atoms with Gasteiger partial charge in [-0.05, 0) is 49.2 Å². The van der Waals surface area contributed by atoms with Crippen molar-refractivity contribution in [3.05, 3.63) is 59.2 Å². The molecule has 1 saturated heterocycles. The number of carbonyl (C=O) groups is 1. The first-order valence-electron chi connectivity index (χ1n) is 9.32. The Morgan fingerprint density at radius 2 is 1.72 bits per heavy atom. The van der Waals surface area contributed by atoms with Crippen LogP contribution < -0.4 is 10.2 Å². The minimum absolute atomic E-state index is 0.228. The Labute approximate surface area is 173 Å². The summed E-state index contributed by atoms with van der Waals surface area (Å²) in [6.07, 6.45) is -2.58. The molecule has 0 bridgehead atoms. The fraction of sp³-hybridized carbons (Fsp3) is 0.381. The van der Waals surface area contributed by atoms with E-state index in [0.717, 1.165) is 30.5 Å². The van der Waals surface area contributed by atoms with E-state index in [2.05, 4.69) is 10.2 Å². The van der Waals surface area contributed by atoms with E-state index in [9.17, 15) is 18.0 Å². The lowest BCUT2D eigenvalue weighted by atomic mass is 10.1. The summed E-state index contributed by atoms with van der Waals surface area (Å²) < 4.78 is 41.0. The third-order valence-electron chi connectivity index (χ3n) is 4.95. The molecule has 2 aromatic carbocycles. The minimum atomic E-state index is -4.56. The van der Waals surface area contributed by atoms with Crippen LogP contribution in [0.2, 0.25) is 0 Å². The van der Waals surface area contributed by atoms with Gasteiger partial charge in [-0.25, -0.2) is 0 Å². The molecule has 0 aliphatic carbocycles. The zero-order valence-corrected chi connectivity index (χ0v) is 17.2. The average molecular weight is 424 g/mol. The van der Waals surface area contributed by atoms with Crippen molar-refractivity contribution in [2.24, 2.45) is 0 Å². The maximum atomic E-state index is 13.7. The Bertz CT molecular complexity index is 847. The number of hydrogen-bond acceptors (Lipinski definition) is 4. The van der Waals surface area contributed by atoms with Gasteiger partial charge < -0.3 is 15.1 Å². The lowest BCUT2D eigenvalue weighted by molar-refractivity contribution is -0.136. The highest BCUT2D eigenvalue weighted by Gasteiger charge is 2.35. The van der Waals surface area contributed by atoms with Crippen molar-refractivity contribution in [3.63, 3.8) is 0 Å². The lowest BCUT2D eigenvalue weighted by Crippen LogP contribution is -2.44. The van der Waals surface area contributed by atoms with Gasteiger partial charge >= 0.3 is 6.18 Å². The number of nitrogens with one attached hydrogen (secondary N) is 1. The molecule has 156 valence electrons. The van der Waals surface area contributed by atoms with Crippen molar-refractivity contribution in [2.45, 2.75) is 11.9 Å². The summed E-state index contributed by atoms with van der Waals surface area (Å²) in [4.78, 5) is 16.6. The van der Waals surface area contributed by atoms with E-state index in [1.807, 2.05) is 30.3 Å². The number of amides is 1. The highest BCUT2D eigenvalue weighted by atomic mass is 32.2. The molecule has 0 atom stereocenters. The number of rotatable bonds is 5. The van der Waals surface area contributed by atoms with Crippen LogP contribution in [0.4, 0.5) is 24.5 Å². The Morgan fingerprint density at radius 1 is 1.07 bits per heavy atom. The molecule has 1 heterocycles. The molecule has 0 saturated carbocycles. The smallest absolute Gasteiger partial charge is 0.369 e. The van der Waals surface area contributed by atoms with Gasteiger partial charge in [0.1, 0.15) is 0 Å². The topological polar surface area (TPSA) is 35.6 Å². The summed E-state index contributed by atoms with van der Waals surface area (Å²) in [7, 11) is 1.99. The SMILES string of the molecule is CSCc1ccc(C(=O)Nc2ccc(N3CCN(C)CC3)cc2C(F)(F)F)cc1. The van der Waals surface area contributed by atoms with Gasteiger partial charge in [0.05, 0.1) is 11.3 Å². The summed E-state index contributed by atoms with van der Waals surface area (Å²) in [6.45, 7) is 2.93. The Balaban J connectivity index is 1.81. The van der Waals surface area contributed by atoms with E-state index in [0.29, 0.717) is 24.3 Å². The average Bonchev–Trinajstić information content (AvgIpc) is 2.69. The second-order valence-electron chi connectivity index (χ2n) is 7.10. The maximum absolute atomic E-state index is 13.7. The molecule has 4 nitrogen and oxygen atoms in total. The van der Waals surface area contributed by atoms with E-state index in [1.165, 1.54) is 6.07 Å². The molecule has 1 amide bonds. The van der Waals surface area contributed by atoms with Gasteiger partial charge in [-0.2, -0.15) is 24.9 Å². The molecular weight excluding hydrogens is 399 g/mol. The molecular formula is C21H24F3N3OS. The molecule has 0 radical (unpaired) electrons. The van der Waals surface area contributed by atoms with Gasteiger partial charge in [-0.15, -0.1) is 0 Å². The third-order valence-corrected chi connectivity index (χ3v) is 5.57. The minimum Gasteiger partial charge on any atom is -0.369 e. The van der Waals surface area contributed by atoms with Crippen LogP contribution in [0.3, 0.4) is 0 Å². The van der Waals surface area contributed by atoms with Gasteiger partial charge in [0.2, 0.25) is 0 Å². The highest BCUT2D eigenvalue weighted by molar-refractivity contribution is 7.97. The zero-order chi connectivity index (χ0) is 21.0. The largest absolute Gasteiger partial charge is 0.418 e. The van der Waals surface area contributed by atoms with Gasteiger partial charge in [-0.1, -0.05) is 12.1 Å². The second-order valence-corrected chi connectivity index (χ2v) is 7.97. The molecule has 1 N–H and O–H groups in total. The molecule has 1 aliphatic rings. The van der Waals surface area contributed by atoms with Gasteiger partial charge in [-0.3, -0.25) is 4.79 Å². The van der Waals surface area contributed by atoms with Crippen molar-refractivity contribution >= 4 is 29.0 Å². The second kappa shape index (κ2) is 9.09. The normalized spacial score (nSPS) is 15.4. The van der Waals surface area contributed by atoms with Crippen LogP contribution in [0.1, 0.15) is 21.5 Å². The summed E-state index contributed by atoms with van der Waals surface area (Å²) in [5.41, 5.74) is 0.840. The van der Waals surface area contributed by atoms with Crippen LogP contribution in [0.25, 0.3) is 0 Å². The first-order valence-corrected chi connectivity index (χ1v) is 10.7. The number of thioether (sulfide) groups is 1. The summed E-state index contributed by atoms with van der Waals surface area (Å²) in [5.74, 6) is 0.256. The van der Waals surface area contributed by atoms with Gasteiger partial charge in [0, 0.05) is 43.2 Å². The van der Waals surface area contributed by atoms with Crippen LogP contribution in [-0.4, -0.2) is 50.3 Å². The maximum Gasteiger partial charge on any atom is 0.418 e. The highest BCUT2D eigenvalue weighted by Crippen LogP contribution is 2.37. The molecule has 0 spiro atoms. The molecule has 2 aromatic rings. The quantitative estimate of drug-likeness (QED) is 0.764. The molecule has 1 aliphatic heterocycles. The van der Waals surface area contributed by atoms with Crippen LogP contribution >= 0.6 is 11.8 Å². The number of hydrogen-bond donors (Lipinski definition) is 1. The first kappa shape index (κ1) is 21.5. The molecule has 8 heteroatoms. The zero-order valence-electron chi connectivity index (χ0n) is 16.4. The van der Waals surface area contributed by atoms with E-state index < -0.39 is 17.6 Å². The predicted octanol–water partition coefficient (Wildman–Crippen LogP) is 4.57. The monoisotopic (exact) mass is 423 g/mol. The molecule has 1 fully saturated rings. The Morgan fingerprint density at radius 3 is 2.31 bits per heavy atom. The van der Waals surface area contributed by atoms with E-state index in [1.54, 1.807) is 30.0 Å². The van der Waals surface area contributed by atoms with Gasteiger partial charge in [0.25, 0.3) is 5.91 Å². The molecule has 29 heavy (non-hydrogen) atoms. The van der Waals surface area contributed by atoms with E-state index in [4.69, 9.17) is 0 Å². The lowest BCUT2D eigenvalue weighted by Gasteiger charge is -2.34. The van der Waals surface area contributed by atoms with Gasteiger partial charge in [0.15, 0.2) is 0 Å². The van der Waals surface area contributed by atoms with Crippen molar-refractivity contribution in [1.29, 1.82) is 0 Å². The van der Waals surface area contributed by atoms with Crippen LogP contribution in [0.5, 0.6) is 0 Å². The first-order chi connectivity index (χ1) is 13.8. The number of likely N-dealkylation sites (N-methyl/N-ethyl adjacent to an activating group) is 1. The Kier molecular flexibility index (Phi) is 6.74. The summed E-state index contributed by atoms with van der Waals surface area (Å²) in [6, 6.07) is 11.0. The molecule has 0 aromatic heterocycles. The van der Waals surface area contributed by atoms with E-state index >= 15 is 0 Å². The summed E-state index contributed by atoms with van der Waals surface area (Å²) >= 11 is 1.66. The fourth-order valence-electron chi connectivity index (χ4n) is 3.25. The number of halogens is 3. The van der Waals surface area contributed by atoms with Crippen molar-refractivity contribution in [3.8, 4) is 0 Å². The van der Waals surface area contributed by atoms with Crippen molar-refractivity contribution < 1.29 is 18.0 Å². The number of piperazine rings is 1. The third kappa shape index (κ3) is 5.45.